The van der Waals surface area contributed by atoms with E-state index in [-0.39, 0.29) is 6.10 Å². The molecule has 0 fully saturated rings. The van der Waals surface area contributed by atoms with Gasteiger partial charge < -0.3 is 10.1 Å². The molecule has 0 aliphatic carbocycles. The van der Waals surface area contributed by atoms with Crippen molar-refractivity contribution >= 4 is 11.6 Å². The number of hydroxylamine groups is 1. The summed E-state index contributed by atoms with van der Waals surface area (Å²) in [6.07, 6.45) is -0.0368. The molecule has 0 saturated carbocycles. The fraction of sp³-hybridized carbons (Fsp3) is 0.417. The van der Waals surface area contributed by atoms with E-state index in [0.29, 0.717) is 11.3 Å². The van der Waals surface area contributed by atoms with E-state index in [0.717, 1.165) is 12.2 Å². The lowest BCUT2D eigenvalue weighted by atomic mass is 10.1. The van der Waals surface area contributed by atoms with Gasteiger partial charge in [0, 0.05) is 12.2 Å². The van der Waals surface area contributed by atoms with E-state index in [1.807, 2.05) is 26.8 Å². The van der Waals surface area contributed by atoms with Crippen LogP contribution in [0.4, 0.5) is 5.69 Å². The highest BCUT2D eigenvalue weighted by Gasteiger charge is 2.13. The summed E-state index contributed by atoms with van der Waals surface area (Å²) < 4.78 is 5.50. The van der Waals surface area contributed by atoms with Gasteiger partial charge in [0.15, 0.2) is 0 Å². The largest absolute Gasteiger partial charge is 0.490 e. The maximum Gasteiger partial charge on any atom is 0.278 e. The first-order valence-electron chi connectivity index (χ1n) is 5.57. The molecular weight excluding hydrogens is 220 g/mol. The van der Waals surface area contributed by atoms with Crippen LogP contribution in [0.3, 0.4) is 0 Å². The third kappa shape index (κ3) is 3.64. The number of ether oxygens (including phenoxy) is 1. The Morgan fingerprint density at radius 2 is 2.18 bits per heavy atom. The van der Waals surface area contributed by atoms with Crippen molar-refractivity contribution in [3.05, 3.63) is 23.8 Å². The first-order chi connectivity index (χ1) is 8.08. The number of hydrogen-bond donors (Lipinski definition) is 3. The average Bonchev–Trinajstić information content (AvgIpc) is 2.30. The molecule has 1 amide bonds. The van der Waals surface area contributed by atoms with Gasteiger partial charge in [-0.15, -0.1) is 0 Å². The summed E-state index contributed by atoms with van der Waals surface area (Å²) in [6.45, 7) is 6.46. The number of benzene rings is 1. The van der Waals surface area contributed by atoms with Crippen molar-refractivity contribution in [1.29, 1.82) is 0 Å². The SMILES string of the molecule is CCNc1ccc(OC(C)C)c(C(=O)NO)c1. The van der Waals surface area contributed by atoms with Crippen LogP contribution >= 0.6 is 0 Å². The van der Waals surface area contributed by atoms with E-state index in [2.05, 4.69) is 5.32 Å². The molecule has 3 N–H and O–H groups in total. The quantitative estimate of drug-likeness (QED) is 0.542. The molecule has 1 rings (SSSR count). The van der Waals surface area contributed by atoms with E-state index in [1.165, 1.54) is 0 Å². The van der Waals surface area contributed by atoms with Crippen molar-refractivity contribution in [3.8, 4) is 5.75 Å². The maximum atomic E-state index is 11.5. The minimum atomic E-state index is -0.583. The Labute approximate surface area is 101 Å². The summed E-state index contributed by atoms with van der Waals surface area (Å²) in [5.74, 6) is -0.131. The number of carbonyl (C=O) groups excluding carboxylic acids is 1. The zero-order chi connectivity index (χ0) is 12.8. The molecular formula is C12H18N2O3. The van der Waals surface area contributed by atoms with Crippen LogP contribution in [-0.4, -0.2) is 23.8 Å². The van der Waals surface area contributed by atoms with Crippen LogP contribution in [-0.2, 0) is 0 Å². The third-order valence-electron chi connectivity index (χ3n) is 2.07. The molecule has 0 aromatic heterocycles. The van der Waals surface area contributed by atoms with Crippen LogP contribution in [0, 0.1) is 0 Å². The van der Waals surface area contributed by atoms with Crippen molar-refractivity contribution in [3.63, 3.8) is 0 Å². The molecule has 94 valence electrons. The van der Waals surface area contributed by atoms with E-state index in [4.69, 9.17) is 9.94 Å². The molecule has 0 spiro atoms. The Morgan fingerprint density at radius 1 is 1.47 bits per heavy atom. The fourth-order valence-electron chi connectivity index (χ4n) is 1.44. The van der Waals surface area contributed by atoms with Gasteiger partial charge in [-0.05, 0) is 39.0 Å². The average molecular weight is 238 g/mol. The predicted molar refractivity (Wildman–Crippen MR) is 65.6 cm³/mol. The van der Waals surface area contributed by atoms with Crippen LogP contribution in [0.15, 0.2) is 18.2 Å². The van der Waals surface area contributed by atoms with Crippen LogP contribution in [0.25, 0.3) is 0 Å². The van der Waals surface area contributed by atoms with E-state index in [9.17, 15) is 4.79 Å². The van der Waals surface area contributed by atoms with Gasteiger partial charge in [0.25, 0.3) is 5.91 Å². The molecule has 0 heterocycles. The highest BCUT2D eigenvalue weighted by Crippen LogP contribution is 2.23. The first-order valence-corrected chi connectivity index (χ1v) is 5.57. The summed E-state index contributed by atoms with van der Waals surface area (Å²) in [7, 11) is 0. The van der Waals surface area contributed by atoms with Crippen molar-refractivity contribution in [2.45, 2.75) is 26.9 Å². The second-order valence-corrected chi connectivity index (χ2v) is 3.85. The molecule has 0 aliphatic rings. The fourth-order valence-corrected chi connectivity index (χ4v) is 1.44. The lowest BCUT2D eigenvalue weighted by Gasteiger charge is -2.14. The molecule has 0 saturated heterocycles. The van der Waals surface area contributed by atoms with Gasteiger partial charge in [0.1, 0.15) is 5.75 Å². The summed E-state index contributed by atoms with van der Waals surface area (Å²) in [5.41, 5.74) is 2.73. The van der Waals surface area contributed by atoms with Gasteiger partial charge in [-0.2, -0.15) is 0 Å². The van der Waals surface area contributed by atoms with E-state index in [1.54, 1.807) is 17.6 Å². The van der Waals surface area contributed by atoms with Crippen molar-refractivity contribution in [2.75, 3.05) is 11.9 Å². The zero-order valence-corrected chi connectivity index (χ0v) is 10.3. The van der Waals surface area contributed by atoms with Gasteiger partial charge in [0.2, 0.25) is 0 Å². The molecule has 0 unspecified atom stereocenters. The Kier molecular flexibility index (Phi) is 4.78. The molecule has 1 aromatic rings. The number of anilines is 1. The van der Waals surface area contributed by atoms with Crippen molar-refractivity contribution in [1.82, 2.24) is 5.48 Å². The van der Waals surface area contributed by atoms with Gasteiger partial charge in [-0.3, -0.25) is 10.0 Å². The van der Waals surface area contributed by atoms with Crippen LogP contribution < -0.4 is 15.5 Å². The second-order valence-electron chi connectivity index (χ2n) is 3.85. The van der Waals surface area contributed by atoms with Gasteiger partial charge in [0.05, 0.1) is 11.7 Å². The van der Waals surface area contributed by atoms with Gasteiger partial charge in [-0.1, -0.05) is 0 Å². The molecule has 5 nitrogen and oxygen atoms in total. The lowest BCUT2D eigenvalue weighted by molar-refractivity contribution is 0.0700. The Morgan fingerprint density at radius 3 is 2.71 bits per heavy atom. The zero-order valence-electron chi connectivity index (χ0n) is 10.3. The highest BCUT2D eigenvalue weighted by atomic mass is 16.5. The van der Waals surface area contributed by atoms with Crippen molar-refractivity contribution < 1.29 is 14.7 Å². The Hall–Kier alpha value is -1.75. The van der Waals surface area contributed by atoms with Gasteiger partial charge in [-0.25, -0.2) is 5.48 Å². The number of amides is 1. The normalized spacial score (nSPS) is 10.2. The Balaban J connectivity index is 3.07. The Bertz CT molecular complexity index is 391. The molecule has 0 bridgehead atoms. The molecule has 5 heteroatoms. The molecule has 0 atom stereocenters. The molecule has 17 heavy (non-hydrogen) atoms. The molecule has 0 aliphatic heterocycles. The topological polar surface area (TPSA) is 70.6 Å². The minimum Gasteiger partial charge on any atom is -0.490 e. The van der Waals surface area contributed by atoms with Gasteiger partial charge >= 0.3 is 0 Å². The smallest absolute Gasteiger partial charge is 0.278 e. The third-order valence-corrected chi connectivity index (χ3v) is 2.07. The molecule has 0 radical (unpaired) electrons. The van der Waals surface area contributed by atoms with E-state index >= 15 is 0 Å². The summed E-state index contributed by atoms with van der Waals surface area (Å²) in [6, 6.07) is 5.19. The van der Waals surface area contributed by atoms with Crippen LogP contribution in [0.5, 0.6) is 5.75 Å². The van der Waals surface area contributed by atoms with Crippen LogP contribution in [0.1, 0.15) is 31.1 Å². The monoisotopic (exact) mass is 238 g/mol. The minimum absolute atomic E-state index is 0.0368. The second kappa shape index (κ2) is 6.10. The number of rotatable bonds is 5. The summed E-state index contributed by atoms with van der Waals surface area (Å²) >= 11 is 0. The van der Waals surface area contributed by atoms with Crippen molar-refractivity contribution in [2.24, 2.45) is 0 Å². The molecule has 1 aromatic carbocycles. The predicted octanol–water partition coefficient (Wildman–Crippen LogP) is 2.02. The lowest BCUT2D eigenvalue weighted by Crippen LogP contribution is -2.21. The summed E-state index contributed by atoms with van der Waals surface area (Å²) in [5, 5.41) is 11.8. The van der Waals surface area contributed by atoms with Crippen LogP contribution in [0.2, 0.25) is 0 Å². The number of nitrogens with one attached hydrogen (secondary N) is 2. The maximum absolute atomic E-state index is 11.5. The first kappa shape index (κ1) is 13.3. The standard InChI is InChI=1S/C12H18N2O3/c1-4-13-9-5-6-11(17-8(2)3)10(7-9)12(15)14-16/h5-8,13,16H,4H2,1-3H3,(H,14,15). The van der Waals surface area contributed by atoms with E-state index < -0.39 is 5.91 Å². The number of carbonyl (C=O) groups is 1. The number of hydrogen-bond acceptors (Lipinski definition) is 4. The summed E-state index contributed by atoms with van der Waals surface area (Å²) in [4.78, 5) is 11.5. The highest BCUT2D eigenvalue weighted by molar-refractivity contribution is 5.97.